The van der Waals surface area contributed by atoms with Crippen molar-refractivity contribution in [2.45, 2.75) is 38.0 Å². The van der Waals surface area contributed by atoms with Gasteiger partial charge in [0.25, 0.3) is 0 Å². The van der Waals surface area contributed by atoms with Crippen LogP contribution in [0.3, 0.4) is 0 Å². The van der Waals surface area contributed by atoms with Gasteiger partial charge in [0, 0.05) is 24.8 Å². The van der Waals surface area contributed by atoms with Gasteiger partial charge in [0.2, 0.25) is 5.91 Å². The second-order valence-corrected chi connectivity index (χ2v) is 10.3. The van der Waals surface area contributed by atoms with E-state index in [-0.39, 0.29) is 30.7 Å². The van der Waals surface area contributed by atoms with Crippen LogP contribution in [0.15, 0.2) is 48.5 Å². The lowest BCUT2D eigenvalue weighted by Gasteiger charge is -2.33. The van der Waals surface area contributed by atoms with E-state index >= 15 is 0 Å². The van der Waals surface area contributed by atoms with Gasteiger partial charge in [0.1, 0.15) is 6.61 Å². The predicted molar refractivity (Wildman–Crippen MR) is 137 cm³/mol. The quantitative estimate of drug-likeness (QED) is 0.421. The minimum absolute atomic E-state index is 0.0180. The Hall–Kier alpha value is -3.00. The fourth-order valence-corrected chi connectivity index (χ4v) is 5.73. The zero-order chi connectivity index (χ0) is 24.7. The highest BCUT2D eigenvalue weighted by atomic mass is 32.2. The van der Waals surface area contributed by atoms with Crippen LogP contribution in [-0.2, 0) is 14.3 Å². The number of ether oxygens (including phenoxy) is 1. The lowest BCUT2D eigenvalue weighted by molar-refractivity contribution is -0.151. The first-order valence-corrected chi connectivity index (χ1v) is 13.3. The van der Waals surface area contributed by atoms with Crippen molar-refractivity contribution in [1.29, 1.82) is 0 Å². The van der Waals surface area contributed by atoms with Crippen LogP contribution in [0.2, 0.25) is 0 Å². The van der Waals surface area contributed by atoms with E-state index in [9.17, 15) is 19.5 Å². The van der Waals surface area contributed by atoms with Crippen LogP contribution in [-0.4, -0.2) is 54.3 Å². The van der Waals surface area contributed by atoms with Crippen molar-refractivity contribution in [2.24, 2.45) is 5.41 Å². The predicted octanol–water partition coefficient (Wildman–Crippen LogP) is 4.41. The van der Waals surface area contributed by atoms with E-state index < -0.39 is 17.5 Å². The molecule has 2 aromatic carbocycles. The van der Waals surface area contributed by atoms with Gasteiger partial charge in [-0.2, -0.15) is 11.8 Å². The molecule has 0 spiro atoms. The molecular weight excluding hydrogens is 464 g/mol. The van der Waals surface area contributed by atoms with E-state index in [1.807, 2.05) is 24.3 Å². The molecule has 2 aliphatic carbocycles. The Kier molecular flexibility index (Phi) is 8.33. The standard InChI is InChI=1S/C27H32N2O5S/c30-24(29-18-27(25(31)32)12-6-1-7-13-27)17-35-15-14-28-26(33)34-16-23-21-10-4-2-8-19(21)20-9-3-5-11-22(20)23/h2-5,8-11,23H,1,6-7,12-18H2,(H,28,33)(H,29,30)(H,31,32). The monoisotopic (exact) mass is 496 g/mol. The molecular formula is C27H32N2O5S. The first-order chi connectivity index (χ1) is 17.0. The zero-order valence-corrected chi connectivity index (χ0v) is 20.6. The molecule has 186 valence electrons. The molecule has 1 saturated carbocycles. The van der Waals surface area contributed by atoms with E-state index in [1.165, 1.54) is 34.0 Å². The first kappa shape index (κ1) is 25.1. The Morgan fingerprint density at radius 2 is 1.57 bits per heavy atom. The zero-order valence-electron chi connectivity index (χ0n) is 19.8. The van der Waals surface area contributed by atoms with Gasteiger partial charge in [0.15, 0.2) is 0 Å². The lowest BCUT2D eigenvalue weighted by atomic mass is 9.74. The number of carboxylic acids is 1. The summed E-state index contributed by atoms with van der Waals surface area (Å²) in [6, 6.07) is 16.4. The van der Waals surface area contributed by atoms with Crippen LogP contribution < -0.4 is 10.6 Å². The average Bonchev–Trinajstić information content (AvgIpc) is 3.20. The van der Waals surface area contributed by atoms with Crippen molar-refractivity contribution < 1.29 is 24.2 Å². The van der Waals surface area contributed by atoms with E-state index in [2.05, 4.69) is 34.9 Å². The van der Waals surface area contributed by atoms with E-state index in [0.717, 1.165) is 19.3 Å². The average molecular weight is 497 g/mol. The number of fused-ring (bicyclic) bond motifs is 3. The topological polar surface area (TPSA) is 105 Å². The highest BCUT2D eigenvalue weighted by Crippen LogP contribution is 2.44. The number of rotatable bonds is 10. The van der Waals surface area contributed by atoms with Crippen LogP contribution in [0, 0.1) is 5.41 Å². The molecule has 2 aliphatic rings. The van der Waals surface area contributed by atoms with E-state index in [4.69, 9.17) is 4.74 Å². The number of carbonyl (C=O) groups is 3. The summed E-state index contributed by atoms with van der Waals surface area (Å²) in [5, 5.41) is 15.1. The summed E-state index contributed by atoms with van der Waals surface area (Å²) in [6.07, 6.45) is 3.57. The number of carboxylic acid groups (broad SMARTS) is 1. The highest BCUT2D eigenvalue weighted by molar-refractivity contribution is 7.99. The van der Waals surface area contributed by atoms with Gasteiger partial charge in [0.05, 0.1) is 11.2 Å². The number of thioether (sulfide) groups is 1. The number of carbonyl (C=O) groups excluding carboxylic acids is 2. The molecule has 0 bridgehead atoms. The SMILES string of the molecule is O=C(CSCCNC(=O)OCC1c2ccccc2-c2ccccc21)NCC1(C(=O)O)CCCCC1. The molecule has 0 aromatic heterocycles. The smallest absolute Gasteiger partial charge is 0.407 e. The normalized spacial score (nSPS) is 16.1. The molecule has 0 atom stereocenters. The third-order valence-electron chi connectivity index (χ3n) is 6.98. The van der Waals surface area contributed by atoms with Crippen molar-refractivity contribution in [3.8, 4) is 11.1 Å². The Labute approximate surface area is 210 Å². The summed E-state index contributed by atoms with van der Waals surface area (Å²) in [4.78, 5) is 36.1. The first-order valence-electron chi connectivity index (χ1n) is 12.2. The van der Waals surface area contributed by atoms with Gasteiger partial charge in [-0.05, 0) is 35.1 Å². The van der Waals surface area contributed by atoms with Crippen LogP contribution in [0.25, 0.3) is 11.1 Å². The van der Waals surface area contributed by atoms with Crippen molar-refractivity contribution in [2.75, 3.05) is 31.2 Å². The summed E-state index contributed by atoms with van der Waals surface area (Å²) < 4.78 is 5.51. The summed E-state index contributed by atoms with van der Waals surface area (Å²) in [6.45, 7) is 0.828. The maximum Gasteiger partial charge on any atom is 0.407 e. The number of aliphatic carboxylic acids is 1. The maximum atomic E-state index is 12.2. The second-order valence-electron chi connectivity index (χ2n) is 9.23. The Balaban J connectivity index is 1.14. The molecule has 1 fully saturated rings. The van der Waals surface area contributed by atoms with Gasteiger partial charge in [-0.3, -0.25) is 9.59 Å². The summed E-state index contributed by atoms with van der Waals surface area (Å²) in [7, 11) is 0. The molecule has 2 aromatic rings. The molecule has 0 radical (unpaired) electrons. The van der Waals surface area contributed by atoms with Crippen LogP contribution in [0.4, 0.5) is 4.79 Å². The molecule has 3 N–H and O–H groups in total. The molecule has 2 amide bonds. The Morgan fingerprint density at radius 1 is 0.943 bits per heavy atom. The minimum Gasteiger partial charge on any atom is -0.481 e. The number of alkyl carbamates (subject to hydrolysis) is 1. The molecule has 0 unspecified atom stereocenters. The number of hydrogen-bond acceptors (Lipinski definition) is 5. The van der Waals surface area contributed by atoms with Crippen molar-refractivity contribution >= 4 is 29.7 Å². The van der Waals surface area contributed by atoms with Crippen molar-refractivity contribution in [3.05, 3.63) is 59.7 Å². The van der Waals surface area contributed by atoms with Gasteiger partial charge in [-0.25, -0.2) is 4.79 Å². The lowest BCUT2D eigenvalue weighted by Crippen LogP contribution is -2.44. The van der Waals surface area contributed by atoms with Crippen LogP contribution >= 0.6 is 11.8 Å². The molecule has 8 heteroatoms. The molecule has 35 heavy (non-hydrogen) atoms. The molecule has 7 nitrogen and oxygen atoms in total. The fourth-order valence-electron chi connectivity index (χ4n) is 5.05. The Morgan fingerprint density at radius 3 is 2.20 bits per heavy atom. The number of nitrogens with one attached hydrogen (secondary N) is 2. The number of amides is 2. The number of benzene rings is 2. The molecule has 4 rings (SSSR count). The van der Waals surface area contributed by atoms with E-state index in [0.29, 0.717) is 25.1 Å². The number of hydrogen-bond donors (Lipinski definition) is 3. The summed E-state index contributed by atoms with van der Waals surface area (Å²) in [5.74, 6) is -0.201. The highest BCUT2D eigenvalue weighted by Gasteiger charge is 2.39. The third-order valence-corrected chi connectivity index (χ3v) is 7.94. The van der Waals surface area contributed by atoms with Crippen molar-refractivity contribution in [1.82, 2.24) is 10.6 Å². The van der Waals surface area contributed by atoms with Gasteiger partial charge < -0.3 is 20.5 Å². The van der Waals surface area contributed by atoms with Gasteiger partial charge in [-0.15, -0.1) is 0 Å². The summed E-state index contributed by atoms with van der Waals surface area (Å²) >= 11 is 1.39. The minimum atomic E-state index is -0.829. The molecule has 0 aliphatic heterocycles. The van der Waals surface area contributed by atoms with Crippen molar-refractivity contribution in [3.63, 3.8) is 0 Å². The molecule has 0 heterocycles. The van der Waals surface area contributed by atoms with E-state index in [1.54, 1.807) is 0 Å². The largest absolute Gasteiger partial charge is 0.481 e. The second kappa shape index (κ2) is 11.6. The van der Waals surface area contributed by atoms with Crippen LogP contribution in [0.1, 0.15) is 49.1 Å². The summed E-state index contributed by atoms with van der Waals surface area (Å²) in [5.41, 5.74) is 3.88. The van der Waals surface area contributed by atoms with Crippen LogP contribution in [0.5, 0.6) is 0 Å². The van der Waals surface area contributed by atoms with Gasteiger partial charge >= 0.3 is 12.1 Å². The molecule has 0 saturated heterocycles. The fraction of sp³-hybridized carbons (Fsp3) is 0.444. The van der Waals surface area contributed by atoms with Gasteiger partial charge in [-0.1, -0.05) is 67.8 Å². The Bertz CT molecular complexity index is 1020. The third kappa shape index (κ3) is 5.99. The maximum absolute atomic E-state index is 12.2.